The van der Waals surface area contributed by atoms with Crippen molar-refractivity contribution in [1.29, 1.82) is 0 Å². The Kier molecular flexibility index (Phi) is 4.07. The van der Waals surface area contributed by atoms with E-state index >= 15 is 0 Å². The van der Waals surface area contributed by atoms with Crippen molar-refractivity contribution in [2.45, 2.75) is 6.92 Å². The van der Waals surface area contributed by atoms with Crippen LogP contribution >= 0.6 is 27.5 Å². The van der Waals surface area contributed by atoms with Crippen LogP contribution in [0, 0.1) is 6.92 Å². The van der Waals surface area contributed by atoms with Crippen molar-refractivity contribution in [3.05, 3.63) is 51.1 Å². The molecule has 0 saturated carbocycles. The predicted molar refractivity (Wildman–Crippen MR) is 75.2 cm³/mol. The van der Waals surface area contributed by atoms with Crippen LogP contribution in [0.3, 0.4) is 0 Å². The van der Waals surface area contributed by atoms with Crippen molar-refractivity contribution < 1.29 is 14.6 Å². The molecular formula is C13H9BrClNO3. The molecule has 4 nitrogen and oxygen atoms in total. The Morgan fingerprint density at radius 2 is 2.16 bits per heavy atom. The van der Waals surface area contributed by atoms with Crippen molar-refractivity contribution in [2.75, 3.05) is 0 Å². The van der Waals surface area contributed by atoms with Crippen LogP contribution in [0.15, 0.2) is 34.9 Å². The molecule has 1 heterocycles. The van der Waals surface area contributed by atoms with E-state index in [2.05, 4.69) is 20.9 Å². The number of aryl methyl sites for hydroxylation is 1. The van der Waals surface area contributed by atoms with Crippen LogP contribution in [0.25, 0.3) is 0 Å². The zero-order chi connectivity index (χ0) is 14.0. The van der Waals surface area contributed by atoms with E-state index < -0.39 is 5.97 Å². The topological polar surface area (TPSA) is 59.4 Å². The van der Waals surface area contributed by atoms with Gasteiger partial charge in [-0.1, -0.05) is 17.7 Å². The number of hydrogen-bond donors (Lipinski definition) is 1. The molecule has 1 N–H and O–H groups in total. The summed E-state index contributed by atoms with van der Waals surface area (Å²) in [4.78, 5) is 15.0. The maximum absolute atomic E-state index is 10.9. The van der Waals surface area contributed by atoms with Crippen LogP contribution in [-0.2, 0) is 0 Å². The molecule has 0 radical (unpaired) electrons. The number of nitrogens with zero attached hydrogens (tertiary/aromatic N) is 1. The van der Waals surface area contributed by atoms with Gasteiger partial charge in [0, 0.05) is 10.7 Å². The number of aromatic carboxylic acids is 1. The fraction of sp³-hybridized carbons (Fsp3) is 0.0769. The lowest BCUT2D eigenvalue weighted by Crippen LogP contribution is -1.98. The number of halogens is 2. The molecule has 98 valence electrons. The lowest BCUT2D eigenvalue weighted by atomic mass is 10.1. The van der Waals surface area contributed by atoms with Gasteiger partial charge in [0.05, 0.1) is 5.56 Å². The van der Waals surface area contributed by atoms with Crippen LogP contribution in [0.1, 0.15) is 15.9 Å². The molecule has 0 amide bonds. The van der Waals surface area contributed by atoms with Crippen LogP contribution in [0.4, 0.5) is 0 Å². The Morgan fingerprint density at radius 3 is 2.79 bits per heavy atom. The number of aromatic nitrogens is 1. The minimum atomic E-state index is -1.01. The number of carboxylic acid groups (broad SMARTS) is 1. The first-order valence-corrected chi connectivity index (χ1v) is 6.47. The summed E-state index contributed by atoms with van der Waals surface area (Å²) in [6.45, 7) is 1.81. The number of hydrogen-bond acceptors (Lipinski definition) is 3. The third-order valence-electron chi connectivity index (χ3n) is 2.42. The maximum atomic E-state index is 10.9. The monoisotopic (exact) mass is 341 g/mol. The largest absolute Gasteiger partial charge is 0.478 e. The van der Waals surface area contributed by atoms with Crippen molar-refractivity contribution in [1.82, 2.24) is 4.98 Å². The van der Waals surface area contributed by atoms with Gasteiger partial charge < -0.3 is 9.84 Å². The number of carbonyl (C=O) groups is 1. The molecule has 19 heavy (non-hydrogen) atoms. The van der Waals surface area contributed by atoms with Crippen LogP contribution in [0.5, 0.6) is 11.6 Å². The van der Waals surface area contributed by atoms with E-state index in [0.29, 0.717) is 10.8 Å². The van der Waals surface area contributed by atoms with E-state index in [9.17, 15) is 4.79 Å². The molecule has 1 aromatic carbocycles. The SMILES string of the molecule is Cc1ccc(C(=O)O)cc1Oc1ncc(Br)cc1Cl. The van der Waals surface area contributed by atoms with Crippen molar-refractivity contribution in [2.24, 2.45) is 0 Å². The Morgan fingerprint density at radius 1 is 1.42 bits per heavy atom. The van der Waals surface area contributed by atoms with Gasteiger partial charge in [-0.15, -0.1) is 0 Å². The van der Waals surface area contributed by atoms with Crippen molar-refractivity contribution in [3.63, 3.8) is 0 Å². The summed E-state index contributed by atoms with van der Waals surface area (Å²) >= 11 is 9.25. The molecular weight excluding hydrogens is 334 g/mol. The number of carboxylic acids is 1. The summed E-state index contributed by atoms with van der Waals surface area (Å²) in [6, 6.07) is 6.28. The average Bonchev–Trinajstić information content (AvgIpc) is 2.34. The highest BCUT2D eigenvalue weighted by molar-refractivity contribution is 9.10. The fourth-order valence-corrected chi connectivity index (χ4v) is 2.09. The van der Waals surface area contributed by atoms with Gasteiger partial charge in [0.15, 0.2) is 0 Å². The second-order valence-electron chi connectivity index (χ2n) is 3.83. The highest BCUT2D eigenvalue weighted by Gasteiger charge is 2.11. The Hall–Kier alpha value is -1.59. The van der Waals surface area contributed by atoms with E-state index in [1.165, 1.54) is 12.1 Å². The van der Waals surface area contributed by atoms with Crippen LogP contribution in [-0.4, -0.2) is 16.1 Å². The molecule has 0 spiro atoms. The highest BCUT2D eigenvalue weighted by Crippen LogP contribution is 2.31. The minimum absolute atomic E-state index is 0.147. The maximum Gasteiger partial charge on any atom is 0.335 e. The second kappa shape index (κ2) is 5.59. The molecule has 0 bridgehead atoms. The van der Waals surface area contributed by atoms with Gasteiger partial charge in [0.1, 0.15) is 10.8 Å². The quantitative estimate of drug-likeness (QED) is 0.903. The predicted octanol–water partition coefficient (Wildman–Crippen LogP) is 4.30. The third-order valence-corrected chi connectivity index (χ3v) is 3.12. The van der Waals surface area contributed by atoms with Gasteiger partial charge in [0.25, 0.3) is 0 Å². The Labute approximate surface area is 123 Å². The molecule has 1 aromatic heterocycles. The average molecular weight is 343 g/mol. The van der Waals surface area contributed by atoms with Gasteiger partial charge in [0.2, 0.25) is 5.88 Å². The van der Waals surface area contributed by atoms with Crippen molar-refractivity contribution >= 4 is 33.5 Å². The Balaban J connectivity index is 2.37. The molecule has 2 rings (SSSR count). The van der Waals surface area contributed by atoms with Crippen LogP contribution < -0.4 is 4.74 Å². The number of rotatable bonds is 3. The zero-order valence-corrected chi connectivity index (χ0v) is 12.2. The third kappa shape index (κ3) is 3.24. The first-order valence-electron chi connectivity index (χ1n) is 5.30. The van der Waals surface area contributed by atoms with E-state index in [4.69, 9.17) is 21.4 Å². The first kappa shape index (κ1) is 13.8. The summed E-state index contributed by atoms with van der Waals surface area (Å²) in [5.41, 5.74) is 0.944. The molecule has 0 aliphatic rings. The van der Waals surface area contributed by atoms with E-state index in [1.54, 1.807) is 18.3 Å². The zero-order valence-electron chi connectivity index (χ0n) is 9.85. The molecule has 0 aliphatic heterocycles. The lowest BCUT2D eigenvalue weighted by molar-refractivity contribution is 0.0696. The number of pyridine rings is 1. The molecule has 0 saturated heterocycles. The van der Waals surface area contributed by atoms with E-state index in [0.717, 1.165) is 10.0 Å². The summed E-state index contributed by atoms with van der Waals surface area (Å²) in [5, 5.41) is 9.30. The molecule has 2 aromatic rings. The number of ether oxygens (including phenoxy) is 1. The molecule has 6 heteroatoms. The van der Waals surface area contributed by atoms with E-state index in [1.807, 2.05) is 6.92 Å². The standard InChI is InChI=1S/C13H9BrClNO3/c1-7-2-3-8(13(17)18)4-11(7)19-12-10(15)5-9(14)6-16-12/h2-6H,1H3,(H,17,18). The molecule has 0 unspecified atom stereocenters. The smallest absolute Gasteiger partial charge is 0.335 e. The van der Waals surface area contributed by atoms with Gasteiger partial charge in [-0.3, -0.25) is 0 Å². The van der Waals surface area contributed by atoms with Gasteiger partial charge in [-0.25, -0.2) is 9.78 Å². The van der Waals surface area contributed by atoms with Crippen LogP contribution in [0.2, 0.25) is 5.02 Å². The summed E-state index contributed by atoms with van der Waals surface area (Å²) < 4.78 is 6.30. The number of benzene rings is 1. The first-order chi connectivity index (χ1) is 8.97. The summed E-state index contributed by atoms with van der Waals surface area (Å²) in [5.74, 6) is -0.369. The fourth-order valence-electron chi connectivity index (χ4n) is 1.42. The van der Waals surface area contributed by atoms with Gasteiger partial charge in [-0.2, -0.15) is 0 Å². The summed E-state index contributed by atoms with van der Waals surface area (Å²) in [7, 11) is 0. The minimum Gasteiger partial charge on any atom is -0.478 e. The van der Waals surface area contributed by atoms with Gasteiger partial charge >= 0.3 is 5.97 Å². The second-order valence-corrected chi connectivity index (χ2v) is 5.15. The Bertz CT molecular complexity index is 646. The molecule has 0 aliphatic carbocycles. The normalized spacial score (nSPS) is 10.3. The lowest BCUT2D eigenvalue weighted by Gasteiger charge is -2.10. The molecule has 0 atom stereocenters. The van der Waals surface area contributed by atoms with Gasteiger partial charge in [-0.05, 0) is 46.6 Å². The van der Waals surface area contributed by atoms with E-state index in [-0.39, 0.29) is 11.4 Å². The summed E-state index contributed by atoms with van der Waals surface area (Å²) in [6.07, 6.45) is 1.55. The van der Waals surface area contributed by atoms with Crippen molar-refractivity contribution in [3.8, 4) is 11.6 Å². The highest BCUT2D eigenvalue weighted by atomic mass is 79.9. The molecule has 0 fully saturated rings.